The van der Waals surface area contributed by atoms with E-state index in [0.717, 1.165) is 27.9 Å². The summed E-state index contributed by atoms with van der Waals surface area (Å²) < 4.78 is 14.6. The molecule has 0 aliphatic heterocycles. The molecule has 3 rings (SSSR count). The molecule has 128 valence electrons. The Kier molecular flexibility index (Phi) is 5.89. The molecule has 0 N–H and O–H groups in total. The second-order valence-corrected chi connectivity index (χ2v) is 6.91. The van der Waals surface area contributed by atoms with Crippen molar-refractivity contribution in [1.82, 2.24) is 14.5 Å². The molecule has 24 heavy (non-hydrogen) atoms. The first-order valence-corrected chi connectivity index (χ1v) is 9.52. The molecule has 0 amide bonds. The van der Waals surface area contributed by atoms with Crippen molar-refractivity contribution in [2.45, 2.75) is 45.5 Å². The number of para-hydroxylation sites is 2. The molecule has 0 aliphatic rings. The summed E-state index contributed by atoms with van der Waals surface area (Å²) in [4.78, 5) is 8.97. The number of nitrogens with zero attached hydrogens (tertiary/aromatic N) is 3. The van der Waals surface area contributed by atoms with Crippen LogP contribution in [0.4, 0.5) is 0 Å². The summed E-state index contributed by atoms with van der Waals surface area (Å²) in [6.07, 6.45) is 1.85. The van der Waals surface area contributed by atoms with E-state index in [1.807, 2.05) is 69.8 Å². The van der Waals surface area contributed by atoms with Gasteiger partial charge in [0.25, 0.3) is 0 Å². The summed E-state index contributed by atoms with van der Waals surface area (Å²) in [7, 11) is 0.692. The SMILES string of the molecule is CC.Cc1cnc(CS(=O)c2nc3ccccc3n2C)c(C)c1C. The summed E-state index contributed by atoms with van der Waals surface area (Å²) in [5, 5.41) is 0.598. The highest BCUT2D eigenvalue weighted by Gasteiger charge is 2.16. The number of aromatic nitrogens is 3. The van der Waals surface area contributed by atoms with Gasteiger partial charge in [0.05, 0.1) is 33.3 Å². The lowest BCUT2D eigenvalue weighted by Gasteiger charge is -2.10. The van der Waals surface area contributed by atoms with Crippen molar-refractivity contribution in [2.75, 3.05) is 0 Å². The molecular formula is C19H25N3OS. The average Bonchev–Trinajstić information content (AvgIpc) is 2.94. The minimum Gasteiger partial charge on any atom is -0.320 e. The third-order valence-electron chi connectivity index (χ3n) is 4.22. The van der Waals surface area contributed by atoms with Crippen molar-refractivity contribution in [3.63, 3.8) is 0 Å². The van der Waals surface area contributed by atoms with Gasteiger partial charge in [0.1, 0.15) is 0 Å². The molecule has 0 saturated heterocycles. The van der Waals surface area contributed by atoms with E-state index >= 15 is 0 Å². The van der Waals surface area contributed by atoms with E-state index in [1.165, 1.54) is 5.56 Å². The largest absolute Gasteiger partial charge is 0.320 e. The van der Waals surface area contributed by atoms with Crippen LogP contribution in [0.2, 0.25) is 0 Å². The highest BCUT2D eigenvalue weighted by atomic mass is 32.2. The lowest BCUT2D eigenvalue weighted by molar-refractivity contribution is 0.666. The van der Waals surface area contributed by atoms with Crippen LogP contribution < -0.4 is 0 Å². The quantitative estimate of drug-likeness (QED) is 0.715. The molecule has 3 aromatic rings. The van der Waals surface area contributed by atoms with Gasteiger partial charge < -0.3 is 4.57 Å². The fourth-order valence-electron chi connectivity index (χ4n) is 2.54. The number of pyridine rings is 1. The lowest BCUT2D eigenvalue weighted by Crippen LogP contribution is -2.07. The highest BCUT2D eigenvalue weighted by Crippen LogP contribution is 2.21. The smallest absolute Gasteiger partial charge is 0.200 e. The minimum atomic E-state index is -1.21. The average molecular weight is 343 g/mol. The van der Waals surface area contributed by atoms with Crippen LogP contribution in [0, 0.1) is 20.8 Å². The predicted molar refractivity (Wildman–Crippen MR) is 101 cm³/mol. The molecule has 1 atom stereocenters. The van der Waals surface area contributed by atoms with Gasteiger partial charge in [-0.15, -0.1) is 0 Å². The van der Waals surface area contributed by atoms with Crippen molar-refractivity contribution in [3.8, 4) is 0 Å². The van der Waals surface area contributed by atoms with Crippen LogP contribution in [0.25, 0.3) is 11.0 Å². The molecule has 2 heterocycles. The van der Waals surface area contributed by atoms with Crippen LogP contribution in [0.15, 0.2) is 35.6 Å². The molecule has 2 aromatic heterocycles. The zero-order chi connectivity index (χ0) is 17.9. The zero-order valence-corrected chi connectivity index (χ0v) is 16.1. The molecule has 1 unspecified atom stereocenters. The Morgan fingerprint density at radius 3 is 2.42 bits per heavy atom. The van der Waals surface area contributed by atoms with E-state index in [2.05, 4.69) is 16.9 Å². The van der Waals surface area contributed by atoms with E-state index in [4.69, 9.17) is 0 Å². The first-order chi connectivity index (χ1) is 11.5. The van der Waals surface area contributed by atoms with Crippen molar-refractivity contribution < 1.29 is 4.21 Å². The number of hydrogen-bond donors (Lipinski definition) is 0. The fraction of sp³-hybridized carbons (Fsp3) is 0.368. The first-order valence-electron chi connectivity index (χ1n) is 8.20. The Morgan fingerprint density at radius 2 is 1.75 bits per heavy atom. The molecule has 0 aliphatic carbocycles. The molecule has 0 radical (unpaired) electrons. The Labute approximate surface area is 146 Å². The van der Waals surface area contributed by atoms with Crippen molar-refractivity contribution in [3.05, 3.63) is 52.8 Å². The van der Waals surface area contributed by atoms with Gasteiger partial charge in [-0.2, -0.15) is 0 Å². The van der Waals surface area contributed by atoms with Gasteiger partial charge in [0.2, 0.25) is 0 Å². The Morgan fingerprint density at radius 1 is 1.08 bits per heavy atom. The fourth-order valence-corrected chi connectivity index (χ4v) is 3.81. The Bertz CT molecular complexity index is 884. The summed E-state index contributed by atoms with van der Waals surface area (Å²) in [6.45, 7) is 10.2. The topological polar surface area (TPSA) is 47.8 Å². The number of rotatable bonds is 3. The van der Waals surface area contributed by atoms with E-state index in [1.54, 1.807) is 0 Å². The first kappa shape index (κ1) is 18.3. The molecule has 4 nitrogen and oxygen atoms in total. The van der Waals surface area contributed by atoms with E-state index < -0.39 is 10.8 Å². The third kappa shape index (κ3) is 3.41. The van der Waals surface area contributed by atoms with Crippen LogP contribution >= 0.6 is 0 Å². The highest BCUT2D eigenvalue weighted by molar-refractivity contribution is 7.84. The number of imidazole rings is 1. The van der Waals surface area contributed by atoms with E-state index in [9.17, 15) is 4.21 Å². The molecular weight excluding hydrogens is 318 g/mol. The maximum absolute atomic E-state index is 12.7. The van der Waals surface area contributed by atoms with Crippen LogP contribution in [0.3, 0.4) is 0 Å². The van der Waals surface area contributed by atoms with Crippen LogP contribution in [-0.4, -0.2) is 18.7 Å². The van der Waals surface area contributed by atoms with Crippen molar-refractivity contribution >= 4 is 21.8 Å². The normalized spacial score (nSPS) is 11.9. The van der Waals surface area contributed by atoms with Crippen LogP contribution in [-0.2, 0) is 23.6 Å². The maximum Gasteiger partial charge on any atom is 0.200 e. The number of hydrogen-bond acceptors (Lipinski definition) is 3. The van der Waals surface area contributed by atoms with Crippen LogP contribution in [0.1, 0.15) is 36.2 Å². The Balaban J connectivity index is 0.00000100. The second kappa shape index (κ2) is 7.71. The summed E-state index contributed by atoms with van der Waals surface area (Å²) >= 11 is 0. The summed E-state index contributed by atoms with van der Waals surface area (Å²) in [5.74, 6) is 0.393. The molecule has 5 heteroatoms. The summed E-state index contributed by atoms with van der Waals surface area (Å²) in [6, 6.07) is 7.83. The van der Waals surface area contributed by atoms with Crippen molar-refractivity contribution in [1.29, 1.82) is 0 Å². The summed E-state index contributed by atoms with van der Waals surface area (Å²) in [5.41, 5.74) is 6.25. The molecule has 0 saturated carbocycles. The molecule has 0 fully saturated rings. The Hall–Kier alpha value is -2.01. The van der Waals surface area contributed by atoms with E-state index in [-0.39, 0.29) is 0 Å². The van der Waals surface area contributed by atoms with Gasteiger partial charge in [-0.1, -0.05) is 26.0 Å². The molecule has 1 aromatic carbocycles. The number of fused-ring (bicyclic) bond motifs is 1. The lowest BCUT2D eigenvalue weighted by atomic mass is 10.1. The monoisotopic (exact) mass is 343 g/mol. The van der Waals surface area contributed by atoms with Gasteiger partial charge in [0.15, 0.2) is 5.16 Å². The van der Waals surface area contributed by atoms with E-state index in [0.29, 0.717) is 10.9 Å². The predicted octanol–water partition coefficient (Wildman–Crippen LogP) is 4.23. The number of benzene rings is 1. The maximum atomic E-state index is 12.7. The van der Waals surface area contributed by atoms with Gasteiger partial charge >= 0.3 is 0 Å². The van der Waals surface area contributed by atoms with Gasteiger partial charge in [-0.3, -0.25) is 9.19 Å². The molecule has 0 bridgehead atoms. The van der Waals surface area contributed by atoms with Gasteiger partial charge in [0, 0.05) is 13.2 Å². The van der Waals surface area contributed by atoms with Crippen LogP contribution in [0.5, 0.6) is 0 Å². The van der Waals surface area contributed by atoms with Gasteiger partial charge in [-0.05, 0) is 49.6 Å². The third-order valence-corrected chi connectivity index (χ3v) is 5.53. The zero-order valence-electron chi connectivity index (χ0n) is 15.3. The van der Waals surface area contributed by atoms with Crippen molar-refractivity contribution in [2.24, 2.45) is 7.05 Å². The second-order valence-electron chi connectivity index (χ2n) is 5.57. The standard InChI is InChI=1S/C17H19N3OS.C2H6/c1-11-9-18-15(13(3)12(11)2)10-22(21)17-19-14-7-5-6-8-16(14)20(17)4;1-2/h5-9H,10H2,1-4H3;1-2H3. The minimum absolute atomic E-state index is 0.393. The van der Waals surface area contributed by atoms with Gasteiger partial charge in [-0.25, -0.2) is 4.98 Å². The number of aryl methyl sites for hydroxylation is 2. The molecule has 0 spiro atoms.